The minimum atomic E-state index is -0.539. The van der Waals surface area contributed by atoms with Crippen LogP contribution in [-0.4, -0.2) is 23.5 Å². The second kappa shape index (κ2) is 12.3. The lowest BCUT2D eigenvalue weighted by atomic mass is 9.91. The minimum Gasteiger partial charge on any atom is -0.492 e. The molecule has 3 aromatic carbocycles. The average Bonchev–Trinajstić information content (AvgIpc) is 2.83. The van der Waals surface area contributed by atoms with E-state index in [1.807, 2.05) is 60.7 Å². The maximum atomic E-state index is 13.0. The molecule has 0 spiro atoms. The normalized spacial score (nSPS) is 10.6. The fraction of sp³-hybridized carbons (Fsp3) is 0.192. The lowest BCUT2D eigenvalue weighted by molar-refractivity contribution is -0.122. The van der Waals surface area contributed by atoms with Crippen LogP contribution in [0.1, 0.15) is 41.3 Å². The van der Waals surface area contributed by atoms with Gasteiger partial charge in [-0.05, 0) is 63.4 Å². The molecule has 0 aromatic heterocycles. The highest BCUT2D eigenvalue weighted by Crippen LogP contribution is 2.27. The molecular formula is C26H26BrN3O3S. The highest BCUT2D eigenvalue weighted by atomic mass is 79.9. The molecule has 3 rings (SSSR count). The Bertz CT molecular complexity index is 1100. The predicted octanol–water partition coefficient (Wildman–Crippen LogP) is 4.95. The van der Waals surface area contributed by atoms with Gasteiger partial charge in [-0.15, -0.1) is 0 Å². The van der Waals surface area contributed by atoms with Gasteiger partial charge in [-0.1, -0.05) is 74.5 Å². The predicted molar refractivity (Wildman–Crippen MR) is 141 cm³/mol. The van der Waals surface area contributed by atoms with E-state index in [4.69, 9.17) is 17.0 Å². The van der Waals surface area contributed by atoms with E-state index < -0.39 is 11.8 Å². The quantitative estimate of drug-likeness (QED) is 0.292. The Morgan fingerprint density at radius 2 is 1.50 bits per heavy atom. The zero-order chi connectivity index (χ0) is 24.5. The van der Waals surface area contributed by atoms with Gasteiger partial charge in [0.2, 0.25) is 5.91 Å². The second-order valence-corrected chi connectivity index (χ2v) is 9.26. The van der Waals surface area contributed by atoms with Crippen LogP contribution in [0.5, 0.6) is 5.75 Å². The van der Waals surface area contributed by atoms with E-state index in [2.05, 4.69) is 45.9 Å². The molecule has 3 aromatic rings. The summed E-state index contributed by atoms with van der Waals surface area (Å²) < 4.78 is 6.38. The Morgan fingerprint density at radius 1 is 0.912 bits per heavy atom. The number of hydrazine groups is 1. The summed E-state index contributed by atoms with van der Waals surface area (Å²) in [5, 5.41) is 2.55. The number of hydrogen-bond acceptors (Lipinski definition) is 4. The first-order valence-corrected chi connectivity index (χ1v) is 12.0. The van der Waals surface area contributed by atoms with E-state index in [-0.39, 0.29) is 11.0 Å². The topological polar surface area (TPSA) is 79.5 Å². The Hall–Kier alpha value is -3.23. The molecule has 0 heterocycles. The first kappa shape index (κ1) is 25.4. The van der Waals surface area contributed by atoms with E-state index >= 15 is 0 Å². The minimum absolute atomic E-state index is 0.0190. The number of carbonyl (C=O) groups is 2. The van der Waals surface area contributed by atoms with E-state index in [1.165, 1.54) is 0 Å². The van der Waals surface area contributed by atoms with Gasteiger partial charge >= 0.3 is 0 Å². The van der Waals surface area contributed by atoms with Crippen molar-refractivity contribution in [2.75, 3.05) is 6.61 Å². The fourth-order valence-electron chi connectivity index (χ4n) is 3.20. The molecule has 0 aliphatic carbocycles. The van der Waals surface area contributed by atoms with Crippen LogP contribution in [0.4, 0.5) is 0 Å². The molecule has 0 unspecified atom stereocenters. The Kier molecular flexibility index (Phi) is 9.18. The van der Waals surface area contributed by atoms with Gasteiger partial charge in [0.1, 0.15) is 5.75 Å². The summed E-state index contributed by atoms with van der Waals surface area (Å²) in [5.41, 5.74) is 7.31. The van der Waals surface area contributed by atoms with Crippen molar-refractivity contribution in [2.45, 2.75) is 19.8 Å². The maximum Gasteiger partial charge on any atom is 0.257 e. The Labute approximate surface area is 213 Å². The average molecular weight is 540 g/mol. The van der Waals surface area contributed by atoms with Crippen LogP contribution in [0.2, 0.25) is 0 Å². The third kappa shape index (κ3) is 7.13. The van der Waals surface area contributed by atoms with Gasteiger partial charge in [-0.2, -0.15) is 0 Å². The van der Waals surface area contributed by atoms with Gasteiger partial charge in [0.05, 0.1) is 17.0 Å². The van der Waals surface area contributed by atoms with E-state index in [0.717, 1.165) is 11.1 Å². The van der Waals surface area contributed by atoms with E-state index in [1.54, 1.807) is 18.2 Å². The molecule has 8 heteroatoms. The van der Waals surface area contributed by atoms with Crippen molar-refractivity contribution >= 4 is 45.1 Å². The van der Waals surface area contributed by atoms with Gasteiger partial charge in [0, 0.05) is 5.56 Å². The van der Waals surface area contributed by atoms with Crippen LogP contribution in [0.15, 0.2) is 83.3 Å². The summed E-state index contributed by atoms with van der Waals surface area (Å²) in [5.74, 6) is -0.209. The monoisotopic (exact) mass is 539 g/mol. The van der Waals surface area contributed by atoms with E-state index in [9.17, 15) is 9.59 Å². The molecule has 0 aliphatic heterocycles. The summed E-state index contributed by atoms with van der Waals surface area (Å²) in [6.07, 6.45) is 0. The zero-order valence-electron chi connectivity index (χ0n) is 18.9. The molecule has 2 amide bonds. The zero-order valence-corrected chi connectivity index (χ0v) is 21.3. The van der Waals surface area contributed by atoms with Crippen LogP contribution in [-0.2, 0) is 4.79 Å². The molecule has 0 fully saturated rings. The van der Waals surface area contributed by atoms with Crippen molar-refractivity contribution in [2.24, 2.45) is 5.92 Å². The van der Waals surface area contributed by atoms with Gasteiger partial charge in [-0.3, -0.25) is 25.8 Å². The molecule has 176 valence electrons. The number of ether oxygens (including phenoxy) is 1. The maximum absolute atomic E-state index is 13.0. The van der Waals surface area contributed by atoms with Gasteiger partial charge in [0.25, 0.3) is 5.91 Å². The highest BCUT2D eigenvalue weighted by Gasteiger charge is 2.22. The SMILES string of the molecule is CC(C)COc1ccc(C(=O)NC(=S)NNC(=O)C(c2ccccc2)c2ccccc2)cc1Br. The molecule has 0 saturated heterocycles. The number of rotatable bonds is 7. The Balaban J connectivity index is 1.60. The van der Waals surface area contributed by atoms with Gasteiger partial charge < -0.3 is 4.74 Å². The van der Waals surface area contributed by atoms with Crippen molar-refractivity contribution in [1.29, 1.82) is 0 Å². The van der Waals surface area contributed by atoms with Crippen LogP contribution in [0.3, 0.4) is 0 Å². The number of carbonyl (C=O) groups excluding carboxylic acids is 2. The number of thiocarbonyl (C=S) groups is 1. The Morgan fingerprint density at radius 3 is 2.03 bits per heavy atom. The lowest BCUT2D eigenvalue weighted by Crippen LogP contribution is -2.49. The van der Waals surface area contributed by atoms with Crippen molar-refractivity contribution in [3.05, 3.63) is 100 Å². The van der Waals surface area contributed by atoms with Crippen molar-refractivity contribution in [3.8, 4) is 5.75 Å². The van der Waals surface area contributed by atoms with E-state index in [0.29, 0.717) is 28.3 Å². The standard InChI is InChI=1S/C26H26BrN3O3S/c1-17(2)16-33-22-14-13-20(15-21(22)27)24(31)28-26(34)30-29-25(32)23(18-9-5-3-6-10-18)19-11-7-4-8-12-19/h3-15,17,23H,16H2,1-2H3,(H,29,32)(H2,28,30,31,34). The molecule has 0 atom stereocenters. The number of amides is 2. The highest BCUT2D eigenvalue weighted by molar-refractivity contribution is 9.10. The third-order valence-corrected chi connectivity index (χ3v) is 5.64. The van der Waals surface area contributed by atoms with Gasteiger partial charge in [0.15, 0.2) is 5.11 Å². The van der Waals surface area contributed by atoms with Crippen LogP contribution >= 0.6 is 28.1 Å². The van der Waals surface area contributed by atoms with Crippen molar-refractivity contribution in [3.63, 3.8) is 0 Å². The van der Waals surface area contributed by atoms with Crippen molar-refractivity contribution < 1.29 is 14.3 Å². The first-order chi connectivity index (χ1) is 16.3. The largest absolute Gasteiger partial charge is 0.492 e. The number of halogens is 1. The molecule has 0 saturated carbocycles. The van der Waals surface area contributed by atoms with Crippen LogP contribution in [0, 0.1) is 5.92 Å². The van der Waals surface area contributed by atoms with Crippen LogP contribution in [0.25, 0.3) is 0 Å². The molecule has 6 nitrogen and oxygen atoms in total. The molecular weight excluding hydrogens is 514 g/mol. The lowest BCUT2D eigenvalue weighted by Gasteiger charge is -2.19. The number of benzene rings is 3. The summed E-state index contributed by atoms with van der Waals surface area (Å²) >= 11 is 8.63. The molecule has 0 aliphatic rings. The fourth-order valence-corrected chi connectivity index (χ4v) is 3.84. The summed E-state index contributed by atoms with van der Waals surface area (Å²) in [6.45, 7) is 4.69. The summed E-state index contributed by atoms with van der Waals surface area (Å²) in [7, 11) is 0. The molecule has 0 bridgehead atoms. The summed E-state index contributed by atoms with van der Waals surface area (Å²) in [6, 6.07) is 23.9. The van der Waals surface area contributed by atoms with Crippen LogP contribution < -0.4 is 20.9 Å². The second-order valence-electron chi connectivity index (χ2n) is 8.00. The van der Waals surface area contributed by atoms with Crippen molar-refractivity contribution in [1.82, 2.24) is 16.2 Å². The smallest absolute Gasteiger partial charge is 0.257 e. The summed E-state index contributed by atoms with van der Waals surface area (Å²) in [4.78, 5) is 25.6. The molecule has 3 N–H and O–H groups in total. The number of nitrogens with one attached hydrogen (secondary N) is 3. The number of hydrogen-bond donors (Lipinski definition) is 3. The van der Waals surface area contributed by atoms with Gasteiger partial charge in [-0.25, -0.2) is 0 Å². The molecule has 34 heavy (non-hydrogen) atoms. The first-order valence-electron chi connectivity index (χ1n) is 10.8. The molecule has 0 radical (unpaired) electrons. The third-order valence-electron chi connectivity index (χ3n) is 4.82.